The SMILES string of the molecule is C=C(CNC(C)C)COc1cc(C)ccc1C(C)C. The maximum Gasteiger partial charge on any atom is 0.123 e. The van der Waals surface area contributed by atoms with Crippen molar-refractivity contribution in [2.24, 2.45) is 0 Å². The van der Waals surface area contributed by atoms with Crippen LogP contribution in [0.4, 0.5) is 0 Å². The van der Waals surface area contributed by atoms with Crippen molar-refractivity contribution in [2.45, 2.75) is 46.6 Å². The lowest BCUT2D eigenvalue weighted by Crippen LogP contribution is -2.26. The third-order valence-electron chi connectivity index (χ3n) is 2.98. The standard InChI is InChI=1S/C17H27NO/c1-12(2)16-8-7-14(5)9-17(16)19-11-15(6)10-18-13(3)4/h7-9,12-13,18H,6,10-11H2,1-5H3. The Morgan fingerprint density at radius 2 is 1.95 bits per heavy atom. The van der Waals surface area contributed by atoms with E-state index >= 15 is 0 Å². The van der Waals surface area contributed by atoms with E-state index in [0.29, 0.717) is 18.6 Å². The minimum absolute atomic E-state index is 0.470. The van der Waals surface area contributed by atoms with Crippen molar-refractivity contribution in [3.63, 3.8) is 0 Å². The van der Waals surface area contributed by atoms with Crippen molar-refractivity contribution in [1.29, 1.82) is 0 Å². The molecule has 1 aromatic rings. The Labute approximate surface area is 117 Å². The second-order valence-electron chi connectivity index (χ2n) is 5.77. The van der Waals surface area contributed by atoms with E-state index in [-0.39, 0.29) is 0 Å². The largest absolute Gasteiger partial charge is 0.489 e. The Bertz CT molecular complexity index is 421. The average Bonchev–Trinajstić information content (AvgIpc) is 2.33. The van der Waals surface area contributed by atoms with Crippen LogP contribution in [0.1, 0.15) is 44.7 Å². The highest BCUT2D eigenvalue weighted by molar-refractivity contribution is 5.39. The number of hydrogen-bond acceptors (Lipinski definition) is 2. The zero-order chi connectivity index (χ0) is 14.4. The molecule has 0 saturated carbocycles. The predicted octanol–water partition coefficient (Wildman–Crippen LogP) is 4.05. The van der Waals surface area contributed by atoms with Gasteiger partial charge in [-0.2, -0.15) is 0 Å². The second-order valence-corrected chi connectivity index (χ2v) is 5.77. The smallest absolute Gasteiger partial charge is 0.123 e. The zero-order valence-electron chi connectivity index (χ0n) is 12.9. The van der Waals surface area contributed by atoms with Crippen molar-refractivity contribution >= 4 is 0 Å². The fourth-order valence-corrected chi connectivity index (χ4v) is 1.82. The Kier molecular flexibility index (Phi) is 6.10. The molecule has 0 aliphatic carbocycles. The summed E-state index contributed by atoms with van der Waals surface area (Å²) in [6.45, 7) is 16.2. The van der Waals surface area contributed by atoms with Crippen molar-refractivity contribution in [3.8, 4) is 5.75 Å². The van der Waals surface area contributed by atoms with Gasteiger partial charge in [0.1, 0.15) is 12.4 Å². The number of aryl methyl sites for hydroxylation is 1. The Morgan fingerprint density at radius 1 is 1.26 bits per heavy atom. The first-order valence-corrected chi connectivity index (χ1v) is 7.03. The van der Waals surface area contributed by atoms with Crippen LogP contribution >= 0.6 is 0 Å². The molecule has 19 heavy (non-hydrogen) atoms. The average molecular weight is 261 g/mol. The first-order chi connectivity index (χ1) is 8.90. The van der Waals surface area contributed by atoms with Crippen molar-refractivity contribution in [2.75, 3.05) is 13.2 Å². The Morgan fingerprint density at radius 3 is 2.53 bits per heavy atom. The first-order valence-electron chi connectivity index (χ1n) is 7.03. The highest BCUT2D eigenvalue weighted by atomic mass is 16.5. The quantitative estimate of drug-likeness (QED) is 0.748. The summed E-state index contributed by atoms with van der Waals surface area (Å²) in [6, 6.07) is 6.88. The molecule has 2 heteroatoms. The molecule has 1 aromatic carbocycles. The molecular formula is C17H27NO. The molecular weight excluding hydrogens is 234 g/mol. The highest BCUT2D eigenvalue weighted by Crippen LogP contribution is 2.27. The van der Waals surface area contributed by atoms with Crippen LogP contribution in [0.25, 0.3) is 0 Å². The van der Waals surface area contributed by atoms with Crippen LogP contribution in [0.2, 0.25) is 0 Å². The van der Waals surface area contributed by atoms with Gasteiger partial charge in [0.05, 0.1) is 0 Å². The summed E-state index contributed by atoms with van der Waals surface area (Å²) in [6.07, 6.45) is 0. The van der Waals surface area contributed by atoms with E-state index < -0.39 is 0 Å². The molecule has 0 aromatic heterocycles. The van der Waals surface area contributed by atoms with E-state index in [1.807, 2.05) is 0 Å². The van der Waals surface area contributed by atoms with E-state index in [4.69, 9.17) is 4.74 Å². The van der Waals surface area contributed by atoms with Crippen molar-refractivity contribution in [1.82, 2.24) is 5.32 Å². The molecule has 0 spiro atoms. The molecule has 0 saturated heterocycles. The molecule has 0 unspecified atom stereocenters. The number of rotatable bonds is 7. The molecule has 0 fully saturated rings. The Balaban J connectivity index is 2.61. The number of ether oxygens (including phenoxy) is 1. The molecule has 1 N–H and O–H groups in total. The number of nitrogens with one attached hydrogen (secondary N) is 1. The molecule has 2 nitrogen and oxygen atoms in total. The van der Waals surface area contributed by atoms with Crippen LogP contribution in [0.5, 0.6) is 5.75 Å². The lowest BCUT2D eigenvalue weighted by Gasteiger charge is -2.16. The molecule has 0 aliphatic heterocycles. The van der Waals surface area contributed by atoms with Crippen LogP contribution < -0.4 is 10.1 Å². The fourth-order valence-electron chi connectivity index (χ4n) is 1.82. The van der Waals surface area contributed by atoms with E-state index in [2.05, 4.69) is 64.7 Å². The van der Waals surface area contributed by atoms with Crippen molar-refractivity contribution in [3.05, 3.63) is 41.5 Å². The predicted molar refractivity (Wildman–Crippen MR) is 83.0 cm³/mol. The molecule has 0 radical (unpaired) electrons. The minimum atomic E-state index is 0.470. The lowest BCUT2D eigenvalue weighted by molar-refractivity contribution is 0.342. The molecule has 0 amide bonds. The van der Waals surface area contributed by atoms with E-state index in [0.717, 1.165) is 17.9 Å². The fraction of sp³-hybridized carbons (Fsp3) is 0.529. The van der Waals surface area contributed by atoms with E-state index in [1.54, 1.807) is 0 Å². The maximum absolute atomic E-state index is 5.93. The molecule has 106 valence electrons. The summed E-state index contributed by atoms with van der Waals surface area (Å²) in [5.41, 5.74) is 3.56. The van der Waals surface area contributed by atoms with Gasteiger partial charge in [-0.05, 0) is 35.6 Å². The van der Waals surface area contributed by atoms with Gasteiger partial charge in [-0.1, -0.05) is 46.4 Å². The first kappa shape index (κ1) is 15.8. The normalized spacial score (nSPS) is 11.1. The molecule has 0 aliphatic rings. The van der Waals surface area contributed by atoms with Gasteiger partial charge in [-0.15, -0.1) is 0 Å². The molecule has 0 atom stereocenters. The highest BCUT2D eigenvalue weighted by Gasteiger charge is 2.08. The van der Waals surface area contributed by atoms with Gasteiger partial charge in [-0.3, -0.25) is 0 Å². The van der Waals surface area contributed by atoms with Gasteiger partial charge in [0.25, 0.3) is 0 Å². The van der Waals surface area contributed by atoms with Gasteiger partial charge < -0.3 is 10.1 Å². The van der Waals surface area contributed by atoms with Crippen LogP contribution in [-0.4, -0.2) is 19.2 Å². The van der Waals surface area contributed by atoms with Crippen LogP contribution in [0.15, 0.2) is 30.4 Å². The third-order valence-corrected chi connectivity index (χ3v) is 2.98. The molecule has 0 bridgehead atoms. The summed E-state index contributed by atoms with van der Waals surface area (Å²) >= 11 is 0. The zero-order valence-corrected chi connectivity index (χ0v) is 12.9. The van der Waals surface area contributed by atoms with Crippen LogP contribution in [0.3, 0.4) is 0 Å². The van der Waals surface area contributed by atoms with Gasteiger partial charge in [0, 0.05) is 12.6 Å². The monoisotopic (exact) mass is 261 g/mol. The molecule has 1 rings (SSSR count). The summed E-state index contributed by atoms with van der Waals surface area (Å²) in [5, 5.41) is 3.35. The van der Waals surface area contributed by atoms with E-state index in [9.17, 15) is 0 Å². The van der Waals surface area contributed by atoms with E-state index in [1.165, 1.54) is 11.1 Å². The topological polar surface area (TPSA) is 21.3 Å². The Hall–Kier alpha value is -1.28. The van der Waals surface area contributed by atoms with Gasteiger partial charge in [0.2, 0.25) is 0 Å². The number of benzene rings is 1. The summed E-state index contributed by atoms with van der Waals surface area (Å²) in [5.74, 6) is 1.46. The molecule has 0 heterocycles. The maximum atomic E-state index is 5.93. The summed E-state index contributed by atoms with van der Waals surface area (Å²) in [7, 11) is 0. The second kappa shape index (κ2) is 7.34. The number of hydrogen-bond donors (Lipinski definition) is 1. The third kappa shape index (κ3) is 5.48. The van der Waals surface area contributed by atoms with Gasteiger partial charge in [0.15, 0.2) is 0 Å². The van der Waals surface area contributed by atoms with Crippen LogP contribution in [0, 0.1) is 6.92 Å². The minimum Gasteiger partial charge on any atom is -0.489 e. The summed E-state index contributed by atoms with van der Waals surface area (Å²) in [4.78, 5) is 0. The van der Waals surface area contributed by atoms with Gasteiger partial charge >= 0.3 is 0 Å². The van der Waals surface area contributed by atoms with Crippen LogP contribution in [-0.2, 0) is 0 Å². The van der Waals surface area contributed by atoms with Crippen molar-refractivity contribution < 1.29 is 4.74 Å². The van der Waals surface area contributed by atoms with Gasteiger partial charge in [-0.25, -0.2) is 0 Å². The summed E-state index contributed by atoms with van der Waals surface area (Å²) < 4.78 is 5.93. The lowest BCUT2D eigenvalue weighted by atomic mass is 10.0.